The summed E-state index contributed by atoms with van der Waals surface area (Å²) in [6, 6.07) is 20.1. The summed E-state index contributed by atoms with van der Waals surface area (Å²) >= 11 is 0. The molecule has 57 heavy (non-hydrogen) atoms. The fraction of sp³-hybridized carbons (Fsp3) is 0.455. The Labute approximate surface area is 335 Å². The number of aromatic nitrogens is 4. The largest absolute Gasteiger partial charge is 0.491 e. The third kappa shape index (κ3) is 10.2. The van der Waals surface area contributed by atoms with Gasteiger partial charge in [0, 0.05) is 50.0 Å². The number of hydrogen-bond acceptors (Lipinski definition) is 7. The molecule has 1 atom stereocenters. The van der Waals surface area contributed by atoms with E-state index in [1.807, 2.05) is 19.1 Å². The van der Waals surface area contributed by atoms with Crippen LogP contribution >= 0.6 is 0 Å². The minimum Gasteiger partial charge on any atom is -0.491 e. The minimum atomic E-state index is -4.63. The van der Waals surface area contributed by atoms with E-state index in [9.17, 15) is 17.4 Å². The Balaban J connectivity index is 1.15. The molecule has 0 spiro atoms. The molecule has 1 fully saturated rings. The fourth-order valence-corrected chi connectivity index (χ4v) is 8.81. The smallest absolute Gasteiger partial charge is 0.435 e. The first-order chi connectivity index (χ1) is 27.7. The number of nitrogens with zero attached hydrogens (tertiary/aromatic N) is 4. The highest BCUT2D eigenvalue weighted by Crippen LogP contribution is 2.37. The lowest BCUT2D eigenvalue weighted by molar-refractivity contribution is -0.141. The monoisotopic (exact) mass is 803 g/mol. The lowest BCUT2D eigenvalue weighted by atomic mass is 9.94. The number of aromatic amines is 1. The number of allylic oxidation sites excluding steroid dienone is 1. The molecule has 0 saturated carbocycles. The van der Waals surface area contributed by atoms with Gasteiger partial charge in [0.15, 0.2) is 5.69 Å². The molecule has 7 rings (SSSR count). The van der Waals surface area contributed by atoms with Crippen LogP contribution in [0.5, 0.6) is 5.75 Å². The number of hydrogen-bond donors (Lipinski definition) is 1. The zero-order chi connectivity index (χ0) is 39.8. The van der Waals surface area contributed by atoms with Crippen LogP contribution in [-0.4, -0.2) is 69.9 Å². The van der Waals surface area contributed by atoms with Crippen molar-refractivity contribution in [1.29, 1.82) is 0 Å². The molecule has 0 amide bonds. The third-order valence-electron chi connectivity index (χ3n) is 10.7. The molecule has 304 valence electrons. The fourth-order valence-electron chi connectivity index (χ4n) is 7.63. The van der Waals surface area contributed by atoms with Crippen molar-refractivity contribution in [2.45, 2.75) is 82.2 Å². The van der Waals surface area contributed by atoms with Crippen molar-refractivity contribution in [2.75, 3.05) is 51.0 Å². The van der Waals surface area contributed by atoms with Gasteiger partial charge in [0.25, 0.3) is 0 Å². The van der Waals surface area contributed by atoms with Crippen molar-refractivity contribution in [3.8, 4) is 16.9 Å². The number of nitrogens with one attached hydrogen (secondary N) is 1. The normalized spacial score (nSPS) is 16.9. The van der Waals surface area contributed by atoms with Gasteiger partial charge in [-0.2, -0.15) is 13.2 Å². The van der Waals surface area contributed by atoms with E-state index >= 15 is 0 Å². The maximum absolute atomic E-state index is 13.8. The lowest BCUT2D eigenvalue weighted by Crippen LogP contribution is -2.34. The van der Waals surface area contributed by atoms with Crippen LogP contribution in [0, 0.1) is 5.92 Å². The number of rotatable bonds is 16. The highest BCUT2D eigenvalue weighted by atomic mass is 32.2. The van der Waals surface area contributed by atoms with Gasteiger partial charge in [-0.25, -0.2) is 9.97 Å². The van der Waals surface area contributed by atoms with E-state index in [-0.39, 0.29) is 11.4 Å². The first kappa shape index (κ1) is 40.7. The van der Waals surface area contributed by atoms with Crippen LogP contribution in [0.3, 0.4) is 0 Å². The molecule has 0 bridgehead atoms. The van der Waals surface area contributed by atoms with Crippen LogP contribution in [-0.2, 0) is 38.7 Å². The minimum absolute atomic E-state index is 0.0656. The second-order valence-electron chi connectivity index (χ2n) is 14.9. The van der Waals surface area contributed by atoms with Crippen LogP contribution in [0.15, 0.2) is 71.9 Å². The van der Waals surface area contributed by atoms with Crippen molar-refractivity contribution in [3.05, 3.63) is 89.8 Å². The number of unbranched alkanes of at least 4 members (excludes halogenated alkanes) is 1. The van der Waals surface area contributed by atoms with Gasteiger partial charge >= 0.3 is 6.18 Å². The van der Waals surface area contributed by atoms with Gasteiger partial charge in [0.05, 0.1) is 46.2 Å². The number of imidazole rings is 2. The van der Waals surface area contributed by atoms with Gasteiger partial charge in [0.2, 0.25) is 0 Å². The standard InChI is InChI=1S/C44H52F3N5O4S/c1-3-5-20-54-23-24-56-36-11-8-32(9-12-36)33-10-15-40-35(25-33)26-34(7-6-19-51(40)28-31-16-21-55-22-17-31)43-49-38-14-13-37(27-39(38)50-43)57(53)29-41-42(44(45,46)47)48-30-52(41)18-4-2/h8-15,25-27,30-31H,3-7,16-24,28-29H2,1-2H3,(H,49,50)/b34-26+/t57-/m0/s1. The topological polar surface area (TPSA) is 94.5 Å². The molecule has 4 heterocycles. The summed E-state index contributed by atoms with van der Waals surface area (Å²) in [4.78, 5) is 15.0. The molecule has 3 aromatic carbocycles. The van der Waals surface area contributed by atoms with Crippen molar-refractivity contribution in [1.82, 2.24) is 19.5 Å². The van der Waals surface area contributed by atoms with E-state index in [1.165, 1.54) is 16.6 Å². The molecule has 0 unspecified atom stereocenters. The molecule has 2 aliphatic rings. The Morgan fingerprint density at radius 2 is 1.77 bits per heavy atom. The maximum atomic E-state index is 13.8. The molecule has 9 nitrogen and oxygen atoms in total. The Hall–Kier alpha value is -4.46. The number of alkyl halides is 3. The van der Waals surface area contributed by atoms with Crippen LogP contribution < -0.4 is 9.64 Å². The second kappa shape index (κ2) is 18.9. The Kier molecular flexibility index (Phi) is 13.5. The SMILES string of the molecule is CCCCOCCOc1ccc(-c2ccc3c(c2)/C=C(/c2nc4ccc([S@@](=O)Cc5c(C(F)(F)F)ncn5CCC)cc4[nH]2)CCCN3CC2CCOCC2)cc1. The number of fused-ring (bicyclic) bond motifs is 2. The van der Waals surface area contributed by atoms with Crippen LogP contribution in [0.2, 0.25) is 0 Å². The Morgan fingerprint density at radius 3 is 2.54 bits per heavy atom. The molecule has 0 radical (unpaired) electrons. The van der Waals surface area contributed by atoms with Gasteiger partial charge < -0.3 is 28.7 Å². The molecule has 2 aromatic heterocycles. The van der Waals surface area contributed by atoms with E-state index in [0.717, 1.165) is 105 Å². The quantitative estimate of drug-likeness (QED) is 0.0993. The van der Waals surface area contributed by atoms with E-state index in [4.69, 9.17) is 19.2 Å². The van der Waals surface area contributed by atoms with Crippen molar-refractivity contribution >= 4 is 39.2 Å². The van der Waals surface area contributed by atoms with E-state index < -0.39 is 22.7 Å². The summed E-state index contributed by atoms with van der Waals surface area (Å²) in [5, 5.41) is 0. The first-order valence-electron chi connectivity index (χ1n) is 20.2. The van der Waals surface area contributed by atoms with Gasteiger partial charge in [-0.3, -0.25) is 4.21 Å². The molecule has 1 N–H and O–H groups in total. The number of halogens is 3. The maximum Gasteiger partial charge on any atom is 0.435 e. The second-order valence-corrected chi connectivity index (χ2v) is 16.3. The first-order valence-corrected chi connectivity index (χ1v) is 21.5. The lowest BCUT2D eigenvalue weighted by Gasteiger charge is -2.33. The Bertz CT molecular complexity index is 2160. The van der Waals surface area contributed by atoms with E-state index in [2.05, 4.69) is 58.2 Å². The Morgan fingerprint density at radius 1 is 0.965 bits per heavy atom. The molecule has 5 aromatic rings. The van der Waals surface area contributed by atoms with E-state index in [0.29, 0.717) is 48.0 Å². The number of benzene rings is 3. The zero-order valence-corrected chi connectivity index (χ0v) is 33.6. The number of aryl methyl sites for hydroxylation is 1. The van der Waals surface area contributed by atoms with Gasteiger partial charge in [0.1, 0.15) is 18.2 Å². The third-order valence-corrected chi connectivity index (χ3v) is 12.0. The van der Waals surface area contributed by atoms with Crippen molar-refractivity contribution in [3.63, 3.8) is 0 Å². The molecule has 1 saturated heterocycles. The summed E-state index contributed by atoms with van der Waals surface area (Å²) in [5.74, 6) is 1.81. The summed E-state index contributed by atoms with van der Waals surface area (Å²) in [5.41, 5.74) is 5.85. The number of ether oxygens (including phenoxy) is 3. The van der Waals surface area contributed by atoms with Crippen molar-refractivity contribution in [2.24, 2.45) is 5.92 Å². The highest BCUT2D eigenvalue weighted by Gasteiger charge is 2.38. The molecule has 0 aliphatic carbocycles. The van der Waals surface area contributed by atoms with Crippen LogP contribution in [0.4, 0.5) is 18.9 Å². The van der Waals surface area contributed by atoms with Gasteiger partial charge in [-0.15, -0.1) is 0 Å². The molecular formula is C44H52F3N5O4S. The van der Waals surface area contributed by atoms with Gasteiger partial charge in [-0.05, 0) is 115 Å². The number of H-pyrrole nitrogens is 1. The van der Waals surface area contributed by atoms with E-state index in [1.54, 1.807) is 18.2 Å². The van der Waals surface area contributed by atoms with Crippen LogP contribution in [0.1, 0.15) is 81.6 Å². The predicted octanol–water partition coefficient (Wildman–Crippen LogP) is 9.93. The highest BCUT2D eigenvalue weighted by molar-refractivity contribution is 7.84. The average Bonchev–Trinajstić information content (AvgIpc) is 3.82. The molecule has 2 aliphatic heterocycles. The number of anilines is 1. The summed E-state index contributed by atoms with van der Waals surface area (Å²) < 4.78 is 73.7. The van der Waals surface area contributed by atoms with Gasteiger partial charge in [-0.1, -0.05) is 38.5 Å². The van der Waals surface area contributed by atoms with Crippen LogP contribution in [0.25, 0.3) is 33.8 Å². The van der Waals surface area contributed by atoms with Crippen molar-refractivity contribution < 1.29 is 31.6 Å². The molecular weight excluding hydrogens is 752 g/mol. The predicted molar refractivity (Wildman–Crippen MR) is 220 cm³/mol. The zero-order valence-electron chi connectivity index (χ0n) is 32.8. The average molecular weight is 804 g/mol. The summed E-state index contributed by atoms with van der Waals surface area (Å²) in [6.45, 7) is 9.70. The summed E-state index contributed by atoms with van der Waals surface area (Å²) in [6.07, 6.45) is 5.42. The molecule has 13 heteroatoms. The summed E-state index contributed by atoms with van der Waals surface area (Å²) in [7, 11) is -1.74.